The van der Waals surface area contributed by atoms with Crippen LogP contribution in [0.2, 0.25) is 0 Å². The van der Waals surface area contributed by atoms with Crippen molar-refractivity contribution in [3.8, 4) is 5.88 Å². The van der Waals surface area contributed by atoms with Crippen LogP contribution in [0.4, 0.5) is 0 Å². The van der Waals surface area contributed by atoms with E-state index in [-0.39, 0.29) is 10.8 Å². The van der Waals surface area contributed by atoms with Crippen LogP contribution < -0.4 is 15.4 Å². The van der Waals surface area contributed by atoms with Crippen molar-refractivity contribution in [1.29, 1.82) is 0 Å². The first-order chi connectivity index (χ1) is 9.06. The highest BCUT2D eigenvalue weighted by Gasteiger charge is 2.09. The monoisotopic (exact) mass is 336 g/mol. The van der Waals surface area contributed by atoms with Crippen LogP contribution in [0, 0.1) is 0 Å². The number of halogens is 1. The molecule has 0 saturated heterocycles. The highest BCUT2D eigenvalue weighted by molar-refractivity contribution is 9.10. The zero-order chi connectivity index (χ0) is 13.6. The largest absolute Gasteiger partial charge is 0.493 e. The lowest BCUT2D eigenvalue weighted by Crippen LogP contribution is -2.12. The Morgan fingerprint density at radius 3 is 2.95 bits per heavy atom. The molecule has 0 unspecified atom stereocenters. The number of aromatic nitrogens is 1. The van der Waals surface area contributed by atoms with Crippen LogP contribution in [0.1, 0.15) is 10.4 Å². The van der Waals surface area contributed by atoms with Gasteiger partial charge in [0.15, 0.2) is 0 Å². The van der Waals surface area contributed by atoms with Crippen LogP contribution in [0.25, 0.3) is 12.2 Å². The highest BCUT2D eigenvalue weighted by atomic mass is 79.9. The van der Waals surface area contributed by atoms with Crippen LogP contribution in [-0.4, -0.2) is 9.67 Å². The van der Waals surface area contributed by atoms with Gasteiger partial charge in [-0.2, -0.15) is 0 Å². The summed E-state index contributed by atoms with van der Waals surface area (Å²) in [5, 5.41) is 11.7. The topological polar surface area (TPSA) is 54.6 Å². The van der Waals surface area contributed by atoms with Crippen molar-refractivity contribution in [1.82, 2.24) is 4.57 Å². The first-order valence-electron chi connectivity index (χ1n) is 5.51. The van der Waals surface area contributed by atoms with Gasteiger partial charge < -0.3 is 5.11 Å². The summed E-state index contributed by atoms with van der Waals surface area (Å²) in [4.78, 5) is 16.1. The number of nitrogens with zero attached hydrogens (tertiary/aromatic N) is 2. The van der Waals surface area contributed by atoms with Gasteiger partial charge in [0.1, 0.15) is 0 Å². The Morgan fingerprint density at radius 2 is 2.26 bits per heavy atom. The summed E-state index contributed by atoms with van der Waals surface area (Å²) in [6.45, 7) is 0. The lowest BCUT2D eigenvalue weighted by atomic mass is 10.2. The zero-order valence-electron chi connectivity index (χ0n) is 9.92. The van der Waals surface area contributed by atoms with E-state index < -0.39 is 0 Å². The predicted molar refractivity (Wildman–Crippen MR) is 78.7 cm³/mol. The number of rotatable bonds is 1. The van der Waals surface area contributed by atoms with E-state index in [1.807, 2.05) is 18.2 Å². The summed E-state index contributed by atoms with van der Waals surface area (Å²) in [7, 11) is 1.55. The number of aromatic hydroxyl groups is 1. The minimum atomic E-state index is -0.184. The summed E-state index contributed by atoms with van der Waals surface area (Å²) in [5.74, 6) is -0.0115. The highest BCUT2D eigenvalue weighted by Crippen LogP contribution is 2.19. The standard InChI is InChI=1S/C13H9BrN2O2S/c1-16-12(17)11(19-13(16)18)5-8-4-7-2-3-15-10(7)6-9(8)14/h2-6,17H,1H3. The van der Waals surface area contributed by atoms with Crippen molar-refractivity contribution in [2.45, 2.75) is 0 Å². The lowest BCUT2D eigenvalue weighted by Gasteiger charge is -1.97. The number of hydrogen-bond acceptors (Lipinski definition) is 4. The normalized spacial score (nSPS) is 13.7. The smallest absolute Gasteiger partial charge is 0.310 e. The molecule has 1 aliphatic heterocycles. The Morgan fingerprint density at radius 1 is 1.47 bits per heavy atom. The van der Waals surface area contributed by atoms with Crippen LogP contribution >= 0.6 is 27.3 Å². The van der Waals surface area contributed by atoms with E-state index in [2.05, 4.69) is 20.9 Å². The molecule has 0 fully saturated rings. The third-order valence-corrected chi connectivity index (χ3v) is 4.57. The van der Waals surface area contributed by atoms with Gasteiger partial charge in [0.25, 0.3) is 0 Å². The maximum absolute atomic E-state index is 11.5. The average molecular weight is 337 g/mol. The Bertz CT molecular complexity index is 877. The van der Waals surface area contributed by atoms with E-state index in [1.165, 1.54) is 4.57 Å². The van der Waals surface area contributed by atoms with E-state index in [9.17, 15) is 9.90 Å². The summed E-state index contributed by atoms with van der Waals surface area (Å²) >= 11 is 4.49. The van der Waals surface area contributed by atoms with Crippen molar-refractivity contribution in [3.63, 3.8) is 0 Å². The zero-order valence-corrected chi connectivity index (χ0v) is 12.3. The molecule has 0 amide bonds. The molecular formula is C13H9BrN2O2S. The minimum absolute atomic E-state index is 0.0115. The molecule has 0 aliphatic carbocycles. The van der Waals surface area contributed by atoms with E-state index >= 15 is 0 Å². The fourth-order valence-corrected chi connectivity index (χ4v) is 3.12. The molecule has 1 aliphatic rings. The van der Waals surface area contributed by atoms with E-state index in [0.717, 1.165) is 31.9 Å². The fraction of sp³-hybridized carbons (Fsp3) is 0.0769. The van der Waals surface area contributed by atoms with Gasteiger partial charge in [0, 0.05) is 23.3 Å². The molecule has 6 heteroatoms. The van der Waals surface area contributed by atoms with E-state index in [4.69, 9.17) is 0 Å². The molecule has 19 heavy (non-hydrogen) atoms. The molecule has 1 aromatic carbocycles. The molecule has 2 heterocycles. The van der Waals surface area contributed by atoms with Crippen molar-refractivity contribution >= 4 is 39.4 Å². The number of hydrogen-bond donors (Lipinski definition) is 1. The van der Waals surface area contributed by atoms with Crippen molar-refractivity contribution in [2.24, 2.45) is 12.0 Å². The van der Waals surface area contributed by atoms with Crippen molar-refractivity contribution in [2.75, 3.05) is 0 Å². The third-order valence-electron chi connectivity index (χ3n) is 2.91. The number of thiazole rings is 1. The Balaban J connectivity index is 2.25. The molecule has 4 nitrogen and oxygen atoms in total. The molecular weight excluding hydrogens is 328 g/mol. The van der Waals surface area contributed by atoms with Crippen LogP contribution in [0.3, 0.4) is 0 Å². The molecule has 0 saturated carbocycles. The van der Waals surface area contributed by atoms with Gasteiger partial charge in [-0.1, -0.05) is 27.3 Å². The molecule has 2 aromatic rings. The first kappa shape index (κ1) is 12.4. The van der Waals surface area contributed by atoms with Crippen molar-refractivity contribution < 1.29 is 5.11 Å². The first-order valence-corrected chi connectivity index (χ1v) is 7.11. The van der Waals surface area contributed by atoms with Crippen LogP contribution in [-0.2, 0) is 7.05 Å². The second-order valence-electron chi connectivity index (χ2n) is 4.14. The Labute approximate surface area is 120 Å². The van der Waals surface area contributed by atoms with Crippen LogP contribution in [0.5, 0.6) is 5.88 Å². The second-order valence-corrected chi connectivity index (χ2v) is 5.98. The van der Waals surface area contributed by atoms with Gasteiger partial charge >= 0.3 is 4.87 Å². The SMILES string of the molecule is Cn1c(O)c(C=c2cc3c(cc2Br)=NC=C3)sc1=O. The average Bonchev–Trinajstić information content (AvgIpc) is 2.91. The second kappa shape index (κ2) is 4.47. The third kappa shape index (κ3) is 2.06. The fourth-order valence-electron chi connectivity index (χ4n) is 1.85. The molecule has 0 atom stereocenters. The van der Waals surface area contributed by atoms with Gasteiger partial charge in [0.05, 0.1) is 10.2 Å². The summed E-state index contributed by atoms with van der Waals surface area (Å²) in [6, 6.07) is 3.89. The summed E-state index contributed by atoms with van der Waals surface area (Å²) in [6.07, 6.45) is 5.46. The van der Waals surface area contributed by atoms with Gasteiger partial charge in [0.2, 0.25) is 5.88 Å². The Hall–Kier alpha value is -1.66. The van der Waals surface area contributed by atoms with Gasteiger partial charge in [-0.25, -0.2) is 0 Å². The molecule has 3 rings (SSSR count). The molecule has 96 valence electrons. The molecule has 0 spiro atoms. The summed E-state index contributed by atoms with van der Waals surface area (Å²) in [5.41, 5.74) is 1.03. The quantitative estimate of drug-likeness (QED) is 0.854. The maximum Gasteiger partial charge on any atom is 0.310 e. The number of benzene rings is 1. The van der Waals surface area contributed by atoms with Gasteiger partial charge in [-0.3, -0.25) is 14.4 Å². The van der Waals surface area contributed by atoms with Gasteiger partial charge in [-0.15, -0.1) is 0 Å². The molecule has 0 bridgehead atoms. The minimum Gasteiger partial charge on any atom is -0.493 e. The molecule has 0 radical (unpaired) electrons. The molecule has 1 N–H and O–H groups in total. The van der Waals surface area contributed by atoms with E-state index in [1.54, 1.807) is 19.3 Å². The maximum atomic E-state index is 11.5. The van der Waals surface area contributed by atoms with E-state index in [0.29, 0.717) is 4.88 Å². The Kier molecular flexibility index (Phi) is 2.91. The number of fused-ring (bicyclic) bond motifs is 1. The van der Waals surface area contributed by atoms with Crippen molar-refractivity contribution in [3.05, 3.63) is 53.5 Å². The van der Waals surface area contributed by atoms with Crippen LogP contribution in [0.15, 0.2) is 32.6 Å². The molecule has 1 aromatic heterocycles. The predicted octanol–water partition coefficient (Wildman–Crippen LogP) is 1.35. The lowest BCUT2D eigenvalue weighted by molar-refractivity contribution is 0.428. The summed E-state index contributed by atoms with van der Waals surface area (Å²) < 4.78 is 2.11. The van der Waals surface area contributed by atoms with Gasteiger partial charge in [-0.05, 0) is 29.5 Å².